The molecule has 6 heteroatoms. The summed E-state index contributed by atoms with van der Waals surface area (Å²) in [6.07, 6.45) is 5.04. The molecule has 0 amide bonds. The molecule has 4 rings (SSSR count). The normalized spacial score (nSPS) is 23.7. The van der Waals surface area contributed by atoms with Gasteiger partial charge in [-0.25, -0.2) is 4.98 Å². The Labute approximate surface area is 142 Å². The third-order valence-corrected chi connectivity index (χ3v) is 4.64. The molecule has 0 radical (unpaired) electrons. The maximum atomic E-state index is 5.69. The molecule has 2 fully saturated rings. The van der Waals surface area contributed by atoms with E-state index in [1.807, 2.05) is 18.2 Å². The summed E-state index contributed by atoms with van der Waals surface area (Å²) in [5.41, 5.74) is 0.942. The maximum absolute atomic E-state index is 5.69. The lowest BCUT2D eigenvalue weighted by Crippen LogP contribution is -2.21. The van der Waals surface area contributed by atoms with Crippen LogP contribution in [0.15, 0.2) is 24.3 Å². The van der Waals surface area contributed by atoms with Gasteiger partial charge in [0.15, 0.2) is 0 Å². The Morgan fingerprint density at radius 3 is 2.33 bits per heavy atom. The van der Waals surface area contributed by atoms with E-state index in [1.165, 1.54) is 0 Å². The maximum Gasteiger partial charge on any atom is 0.225 e. The molecule has 0 saturated carbocycles. The van der Waals surface area contributed by atoms with Crippen LogP contribution in [0.25, 0.3) is 10.9 Å². The molecule has 2 N–H and O–H groups in total. The monoisotopic (exact) mass is 328 g/mol. The number of ether oxygens (including phenoxy) is 2. The number of nitrogens with one attached hydrogen (secondary N) is 2. The van der Waals surface area contributed by atoms with Crippen molar-refractivity contribution in [2.45, 2.75) is 37.9 Å². The number of aromatic nitrogens is 2. The molecule has 128 valence electrons. The molecule has 0 spiro atoms. The van der Waals surface area contributed by atoms with Crippen molar-refractivity contribution in [1.82, 2.24) is 9.97 Å². The summed E-state index contributed by atoms with van der Waals surface area (Å²) >= 11 is 0. The van der Waals surface area contributed by atoms with E-state index >= 15 is 0 Å². The van der Waals surface area contributed by atoms with Crippen molar-refractivity contribution in [3.8, 4) is 0 Å². The van der Waals surface area contributed by atoms with Crippen LogP contribution in [0.2, 0.25) is 0 Å². The highest BCUT2D eigenvalue weighted by Gasteiger charge is 2.18. The molecule has 1 aromatic heterocycles. The number of para-hydroxylation sites is 1. The van der Waals surface area contributed by atoms with Crippen molar-refractivity contribution in [3.05, 3.63) is 24.3 Å². The minimum atomic E-state index is 0.267. The zero-order valence-electron chi connectivity index (χ0n) is 13.8. The fourth-order valence-corrected chi connectivity index (χ4v) is 3.32. The van der Waals surface area contributed by atoms with Crippen LogP contribution in [0.1, 0.15) is 25.7 Å². The summed E-state index contributed by atoms with van der Waals surface area (Å²) < 4.78 is 11.4. The van der Waals surface area contributed by atoms with E-state index in [9.17, 15) is 0 Å². The quantitative estimate of drug-likeness (QED) is 0.850. The summed E-state index contributed by atoms with van der Waals surface area (Å²) in [6, 6.07) is 8.09. The average molecular weight is 328 g/mol. The molecule has 24 heavy (non-hydrogen) atoms. The number of benzene rings is 1. The molecular weight excluding hydrogens is 304 g/mol. The summed E-state index contributed by atoms with van der Waals surface area (Å²) in [4.78, 5) is 9.31. The van der Waals surface area contributed by atoms with Crippen LogP contribution < -0.4 is 10.6 Å². The topological polar surface area (TPSA) is 68.3 Å². The van der Waals surface area contributed by atoms with E-state index in [0.29, 0.717) is 5.95 Å². The van der Waals surface area contributed by atoms with Crippen LogP contribution >= 0.6 is 0 Å². The van der Waals surface area contributed by atoms with Gasteiger partial charge in [0.1, 0.15) is 5.82 Å². The Balaban J connectivity index is 1.50. The Bertz CT molecular complexity index is 682. The van der Waals surface area contributed by atoms with E-state index in [-0.39, 0.29) is 12.2 Å². The Morgan fingerprint density at radius 2 is 1.62 bits per heavy atom. The van der Waals surface area contributed by atoms with E-state index in [2.05, 4.69) is 26.7 Å². The van der Waals surface area contributed by atoms with E-state index in [4.69, 9.17) is 9.47 Å². The molecule has 0 bridgehead atoms. The molecule has 2 aliphatic rings. The van der Waals surface area contributed by atoms with Crippen LogP contribution in [-0.4, -0.2) is 48.5 Å². The van der Waals surface area contributed by atoms with E-state index in [1.54, 1.807) is 0 Å². The lowest BCUT2D eigenvalue weighted by atomic mass is 10.2. The highest BCUT2D eigenvalue weighted by Crippen LogP contribution is 2.23. The van der Waals surface area contributed by atoms with E-state index < -0.39 is 0 Å². The Kier molecular flexibility index (Phi) is 4.76. The molecule has 2 saturated heterocycles. The predicted octanol–water partition coefficient (Wildman–Crippen LogP) is 2.81. The molecule has 2 unspecified atom stereocenters. The van der Waals surface area contributed by atoms with Gasteiger partial charge in [-0.3, -0.25) is 0 Å². The van der Waals surface area contributed by atoms with Crippen LogP contribution in [0.5, 0.6) is 0 Å². The highest BCUT2D eigenvalue weighted by atomic mass is 16.5. The lowest BCUT2D eigenvalue weighted by Gasteiger charge is -2.15. The summed E-state index contributed by atoms with van der Waals surface area (Å²) in [7, 11) is 0. The van der Waals surface area contributed by atoms with Crippen molar-refractivity contribution >= 4 is 22.7 Å². The molecule has 6 nitrogen and oxygen atoms in total. The minimum absolute atomic E-state index is 0.267. The minimum Gasteiger partial charge on any atom is -0.376 e. The SMILES string of the molecule is c1ccc2c(NCC3CCCO3)nc(NCC3CCCO3)nc2c1. The number of nitrogens with zero attached hydrogens (tertiary/aromatic N) is 2. The highest BCUT2D eigenvalue weighted by molar-refractivity contribution is 5.90. The van der Waals surface area contributed by atoms with Gasteiger partial charge in [0.2, 0.25) is 5.95 Å². The fourth-order valence-electron chi connectivity index (χ4n) is 3.32. The van der Waals surface area contributed by atoms with Crippen molar-refractivity contribution in [2.75, 3.05) is 36.9 Å². The van der Waals surface area contributed by atoms with Gasteiger partial charge < -0.3 is 20.1 Å². The fraction of sp³-hybridized carbons (Fsp3) is 0.556. The first-order valence-electron chi connectivity index (χ1n) is 8.86. The second kappa shape index (κ2) is 7.32. The van der Waals surface area contributed by atoms with Crippen LogP contribution in [-0.2, 0) is 9.47 Å². The second-order valence-corrected chi connectivity index (χ2v) is 6.44. The van der Waals surface area contributed by atoms with Gasteiger partial charge in [-0.2, -0.15) is 4.98 Å². The second-order valence-electron chi connectivity index (χ2n) is 6.44. The van der Waals surface area contributed by atoms with Gasteiger partial charge in [-0.05, 0) is 37.8 Å². The average Bonchev–Trinajstić information content (AvgIpc) is 3.31. The lowest BCUT2D eigenvalue weighted by molar-refractivity contribution is 0.120. The smallest absolute Gasteiger partial charge is 0.225 e. The van der Waals surface area contributed by atoms with Crippen molar-refractivity contribution < 1.29 is 9.47 Å². The number of anilines is 2. The van der Waals surface area contributed by atoms with Gasteiger partial charge in [0.05, 0.1) is 17.7 Å². The largest absolute Gasteiger partial charge is 0.376 e. The Morgan fingerprint density at radius 1 is 0.917 bits per heavy atom. The molecule has 0 aliphatic carbocycles. The summed E-state index contributed by atoms with van der Waals surface area (Å²) in [6.45, 7) is 3.26. The predicted molar refractivity (Wildman–Crippen MR) is 94.5 cm³/mol. The van der Waals surface area contributed by atoms with Crippen molar-refractivity contribution in [2.24, 2.45) is 0 Å². The molecule has 2 aromatic rings. The third kappa shape index (κ3) is 3.60. The van der Waals surface area contributed by atoms with Crippen LogP contribution in [0, 0.1) is 0 Å². The summed E-state index contributed by atoms with van der Waals surface area (Å²) in [5.74, 6) is 1.52. The van der Waals surface area contributed by atoms with Gasteiger partial charge >= 0.3 is 0 Å². The first kappa shape index (κ1) is 15.6. The number of rotatable bonds is 6. The molecule has 2 atom stereocenters. The van der Waals surface area contributed by atoms with Gasteiger partial charge in [0, 0.05) is 31.7 Å². The van der Waals surface area contributed by atoms with Gasteiger partial charge in [-0.15, -0.1) is 0 Å². The van der Waals surface area contributed by atoms with Gasteiger partial charge in [0.25, 0.3) is 0 Å². The van der Waals surface area contributed by atoms with E-state index in [0.717, 1.165) is 68.7 Å². The molecule has 3 heterocycles. The number of fused-ring (bicyclic) bond motifs is 1. The standard InChI is InChI=1S/C18H24N4O2/c1-2-8-16-15(7-1)17(19-11-13-5-3-9-23-13)22-18(21-16)20-12-14-6-4-10-24-14/h1-2,7-8,13-14H,3-6,9-12H2,(H2,19,20,21,22). The molecule has 2 aliphatic heterocycles. The zero-order chi connectivity index (χ0) is 16.2. The zero-order valence-corrected chi connectivity index (χ0v) is 13.8. The van der Waals surface area contributed by atoms with Crippen LogP contribution in [0.3, 0.4) is 0 Å². The van der Waals surface area contributed by atoms with Crippen molar-refractivity contribution in [3.63, 3.8) is 0 Å². The van der Waals surface area contributed by atoms with Crippen LogP contribution in [0.4, 0.5) is 11.8 Å². The summed E-state index contributed by atoms with van der Waals surface area (Å²) in [5, 5.41) is 7.82. The Hall–Kier alpha value is -1.92. The first-order valence-corrected chi connectivity index (χ1v) is 8.86. The van der Waals surface area contributed by atoms with Gasteiger partial charge in [-0.1, -0.05) is 12.1 Å². The third-order valence-electron chi connectivity index (χ3n) is 4.64. The molecular formula is C18H24N4O2. The number of hydrogen-bond acceptors (Lipinski definition) is 6. The molecule has 1 aromatic carbocycles. The number of hydrogen-bond donors (Lipinski definition) is 2. The first-order chi connectivity index (χ1) is 11.9. The van der Waals surface area contributed by atoms with Crippen molar-refractivity contribution in [1.29, 1.82) is 0 Å².